The van der Waals surface area contributed by atoms with Crippen molar-refractivity contribution in [1.82, 2.24) is 9.38 Å². The second-order valence-corrected chi connectivity index (χ2v) is 5.86. The zero-order valence-corrected chi connectivity index (χ0v) is 11.2. The number of carbonyl (C=O) groups excluding carboxylic acids is 1. The number of imidazole rings is 1. The minimum Gasteiger partial charge on any atom is -0.497 e. The summed E-state index contributed by atoms with van der Waals surface area (Å²) in [7, 11) is 1.65. The highest BCUT2D eigenvalue weighted by Crippen LogP contribution is 2.34. The molecule has 0 atom stereocenters. The van der Waals surface area contributed by atoms with Crippen molar-refractivity contribution in [3.8, 4) is 5.75 Å². The fraction of sp³-hybridized carbons (Fsp3) is 0.286. The maximum atomic E-state index is 12.0. The third-order valence-corrected chi connectivity index (χ3v) is 4.54. The fourth-order valence-electron chi connectivity index (χ4n) is 2.28. The van der Waals surface area contributed by atoms with Gasteiger partial charge in [0.1, 0.15) is 11.4 Å². The van der Waals surface area contributed by atoms with Gasteiger partial charge in [0.2, 0.25) is 0 Å². The van der Waals surface area contributed by atoms with Gasteiger partial charge in [-0.3, -0.25) is 9.20 Å². The zero-order valence-electron chi connectivity index (χ0n) is 10.4. The average Bonchev–Trinajstić information content (AvgIpc) is 3.10. The topological polar surface area (TPSA) is 43.6 Å². The Labute approximate surface area is 113 Å². The van der Waals surface area contributed by atoms with E-state index in [0.717, 1.165) is 33.8 Å². The summed E-state index contributed by atoms with van der Waals surface area (Å²) in [6, 6.07) is 5.94. The second-order valence-electron chi connectivity index (χ2n) is 4.85. The Balaban J connectivity index is 1.90. The molecule has 0 radical (unpaired) electrons. The van der Waals surface area contributed by atoms with E-state index in [1.807, 2.05) is 28.8 Å². The summed E-state index contributed by atoms with van der Waals surface area (Å²) in [6.07, 6.45) is 3.88. The molecule has 1 aliphatic rings. The average molecular weight is 272 g/mol. The quantitative estimate of drug-likeness (QED) is 0.688. The van der Waals surface area contributed by atoms with Crippen LogP contribution < -0.4 is 4.74 Å². The lowest BCUT2D eigenvalue weighted by Crippen LogP contribution is -2.00. The predicted molar refractivity (Wildman–Crippen MR) is 74.2 cm³/mol. The van der Waals surface area contributed by atoms with Crippen molar-refractivity contribution in [2.24, 2.45) is 5.92 Å². The lowest BCUT2D eigenvalue weighted by Gasteiger charge is -1.98. The fourth-order valence-corrected chi connectivity index (χ4v) is 3.27. The van der Waals surface area contributed by atoms with E-state index in [1.165, 1.54) is 0 Å². The maximum absolute atomic E-state index is 12.0. The molecule has 1 aromatic carbocycles. The third-order valence-electron chi connectivity index (χ3n) is 3.50. The SMILES string of the molecule is COc1ccc2sc3nc(C(=O)C4CC4)cn3c2c1. The molecule has 2 heterocycles. The number of ether oxygens (including phenoxy) is 1. The smallest absolute Gasteiger partial charge is 0.195 e. The predicted octanol–water partition coefficient (Wildman–Crippen LogP) is 3.15. The Morgan fingerprint density at radius 2 is 2.32 bits per heavy atom. The number of rotatable bonds is 3. The van der Waals surface area contributed by atoms with E-state index in [0.29, 0.717) is 5.69 Å². The molecule has 0 saturated heterocycles. The summed E-state index contributed by atoms with van der Waals surface area (Å²) >= 11 is 1.60. The van der Waals surface area contributed by atoms with Gasteiger partial charge in [-0.25, -0.2) is 4.98 Å². The van der Waals surface area contributed by atoms with E-state index < -0.39 is 0 Å². The van der Waals surface area contributed by atoms with Crippen molar-refractivity contribution in [3.05, 3.63) is 30.1 Å². The molecule has 0 bridgehead atoms. The number of carbonyl (C=O) groups is 1. The molecule has 96 valence electrons. The monoisotopic (exact) mass is 272 g/mol. The van der Waals surface area contributed by atoms with E-state index >= 15 is 0 Å². The summed E-state index contributed by atoms with van der Waals surface area (Å²) < 4.78 is 8.38. The molecular formula is C14H12N2O2S. The highest BCUT2D eigenvalue weighted by Gasteiger charge is 2.32. The van der Waals surface area contributed by atoms with Gasteiger partial charge < -0.3 is 4.74 Å². The van der Waals surface area contributed by atoms with Crippen LogP contribution in [-0.2, 0) is 0 Å². The van der Waals surface area contributed by atoms with Crippen LogP contribution in [0.1, 0.15) is 23.3 Å². The van der Waals surface area contributed by atoms with Gasteiger partial charge in [-0.15, -0.1) is 0 Å². The summed E-state index contributed by atoms with van der Waals surface area (Å²) in [4.78, 5) is 17.4. The molecular weight excluding hydrogens is 260 g/mol. The third kappa shape index (κ3) is 1.65. The molecule has 0 N–H and O–H groups in total. The highest BCUT2D eigenvalue weighted by atomic mass is 32.1. The van der Waals surface area contributed by atoms with Crippen molar-refractivity contribution in [2.45, 2.75) is 12.8 Å². The standard InChI is InChI=1S/C14H12N2O2S/c1-18-9-4-5-12-11(6-9)16-7-10(15-14(16)19-12)13(17)8-2-3-8/h4-8H,2-3H2,1H3. The Bertz CT molecular complexity index is 798. The molecule has 3 aromatic rings. The molecule has 5 heteroatoms. The number of hydrogen-bond donors (Lipinski definition) is 0. The molecule has 1 fully saturated rings. The van der Waals surface area contributed by atoms with Gasteiger partial charge in [-0.1, -0.05) is 11.3 Å². The van der Waals surface area contributed by atoms with Crippen LogP contribution in [0.2, 0.25) is 0 Å². The van der Waals surface area contributed by atoms with E-state index in [1.54, 1.807) is 18.4 Å². The molecule has 0 unspecified atom stereocenters. The van der Waals surface area contributed by atoms with Crippen molar-refractivity contribution in [1.29, 1.82) is 0 Å². The maximum Gasteiger partial charge on any atom is 0.195 e. The van der Waals surface area contributed by atoms with Crippen LogP contribution in [0.25, 0.3) is 15.2 Å². The number of methoxy groups -OCH3 is 1. The van der Waals surface area contributed by atoms with Crippen LogP contribution in [0.5, 0.6) is 5.75 Å². The zero-order chi connectivity index (χ0) is 13.0. The Kier molecular flexibility index (Phi) is 2.20. The largest absolute Gasteiger partial charge is 0.497 e. The molecule has 19 heavy (non-hydrogen) atoms. The molecule has 0 amide bonds. The minimum absolute atomic E-state index is 0.187. The summed E-state index contributed by atoms with van der Waals surface area (Å²) in [5, 5.41) is 0. The van der Waals surface area contributed by atoms with Gasteiger partial charge in [0.25, 0.3) is 0 Å². The van der Waals surface area contributed by atoms with Gasteiger partial charge in [-0.05, 0) is 25.0 Å². The van der Waals surface area contributed by atoms with Crippen LogP contribution >= 0.6 is 11.3 Å². The van der Waals surface area contributed by atoms with E-state index in [2.05, 4.69) is 4.98 Å². The first kappa shape index (κ1) is 11.0. The molecule has 1 aliphatic carbocycles. The van der Waals surface area contributed by atoms with Crippen LogP contribution in [0.3, 0.4) is 0 Å². The summed E-state index contributed by atoms with van der Waals surface area (Å²) in [6.45, 7) is 0. The number of fused-ring (bicyclic) bond motifs is 3. The molecule has 0 aliphatic heterocycles. The summed E-state index contributed by atoms with van der Waals surface area (Å²) in [5.41, 5.74) is 1.64. The van der Waals surface area contributed by atoms with Gasteiger partial charge >= 0.3 is 0 Å². The highest BCUT2D eigenvalue weighted by molar-refractivity contribution is 7.23. The van der Waals surface area contributed by atoms with Gasteiger partial charge in [0.05, 0.1) is 17.3 Å². The lowest BCUT2D eigenvalue weighted by molar-refractivity contribution is 0.0963. The Hall–Kier alpha value is -1.88. The minimum atomic E-state index is 0.187. The first-order valence-electron chi connectivity index (χ1n) is 6.26. The number of nitrogens with zero attached hydrogens (tertiary/aromatic N) is 2. The van der Waals surface area contributed by atoms with Crippen LogP contribution in [0, 0.1) is 5.92 Å². The van der Waals surface area contributed by atoms with E-state index in [-0.39, 0.29) is 11.7 Å². The molecule has 1 saturated carbocycles. The first-order valence-corrected chi connectivity index (χ1v) is 7.08. The van der Waals surface area contributed by atoms with Crippen molar-refractivity contribution >= 4 is 32.3 Å². The lowest BCUT2D eigenvalue weighted by atomic mass is 10.2. The number of Topliss-reactive ketones (excluding diaryl/α,β-unsaturated/α-hetero) is 1. The van der Waals surface area contributed by atoms with Crippen LogP contribution in [-0.4, -0.2) is 22.3 Å². The number of benzene rings is 1. The number of thiazole rings is 1. The first-order chi connectivity index (χ1) is 9.26. The van der Waals surface area contributed by atoms with E-state index in [9.17, 15) is 4.79 Å². The van der Waals surface area contributed by atoms with Crippen molar-refractivity contribution < 1.29 is 9.53 Å². The van der Waals surface area contributed by atoms with Crippen molar-refractivity contribution in [2.75, 3.05) is 7.11 Å². The van der Waals surface area contributed by atoms with Gasteiger partial charge in [0, 0.05) is 18.2 Å². The molecule has 0 spiro atoms. The van der Waals surface area contributed by atoms with Gasteiger partial charge in [-0.2, -0.15) is 0 Å². The number of aromatic nitrogens is 2. The second kappa shape index (κ2) is 3.81. The summed E-state index contributed by atoms with van der Waals surface area (Å²) in [5.74, 6) is 1.22. The number of hydrogen-bond acceptors (Lipinski definition) is 4. The van der Waals surface area contributed by atoms with Gasteiger partial charge in [0.15, 0.2) is 10.7 Å². The van der Waals surface area contributed by atoms with E-state index in [4.69, 9.17) is 4.74 Å². The molecule has 4 rings (SSSR count). The normalized spacial score (nSPS) is 15.2. The Morgan fingerprint density at radius 1 is 1.47 bits per heavy atom. The molecule has 2 aromatic heterocycles. The number of ketones is 1. The van der Waals surface area contributed by atoms with Crippen molar-refractivity contribution in [3.63, 3.8) is 0 Å². The van der Waals surface area contributed by atoms with Crippen LogP contribution in [0.15, 0.2) is 24.4 Å². The van der Waals surface area contributed by atoms with Crippen LogP contribution in [0.4, 0.5) is 0 Å². The molecule has 4 nitrogen and oxygen atoms in total. The Morgan fingerprint density at radius 3 is 3.05 bits per heavy atom.